The van der Waals surface area contributed by atoms with Gasteiger partial charge in [-0.2, -0.15) is 5.10 Å². The Hall–Kier alpha value is -1.85. The number of hydrogen-bond acceptors (Lipinski definition) is 3. The summed E-state index contributed by atoms with van der Waals surface area (Å²) >= 11 is 0. The van der Waals surface area contributed by atoms with Gasteiger partial charge in [0.15, 0.2) is 0 Å². The van der Waals surface area contributed by atoms with Crippen molar-refractivity contribution in [3.63, 3.8) is 0 Å². The van der Waals surface area contributed by atoms with Crippen molar-refractivity contribution in [1.29, 1.82) is 0 Å². The molecular formula is C15H24N4O2. The van der Waals surface area contributed by atoms with Crippen LogP contribution in [0.25, 0.3) is 0 Å². The Morgan fingerprint density at radius 3 is 2.86 bits per heavy atom. The Bertz CT molecular complexity index is 510. The molecule has 1 N–H and O–H groups in total. The number of nitrogens with zero attached hydrogens (tertiary/aromatic N) is 3. The summed E-state index contributed by atoms with van der Waals surface area (Å²) in [6, 6.07) is 1.95. The van der Waals surface area contributed by atoms with Gasteiger partial charge in [0.1, 0.15) is 6.54 Å². The summed E-state index contributed by atoms with van der Waals surface area (Å²) in [5, 5.41) is 7.13. The van der Waals surface area contributed by atoms with E-state index < -0.39 is 0 Å². The second-order valence-electron chi connectivity index (χ2n) is 5.63. The maximum Gasteiger partial charge on any atom is 0.241 e. The minimum atomic E-state index is -0.0662. The summed E-state index contributed by atoms with van der Waals surface area (Å²) in [4.78, 5) is 25.6. The fraction of sp³-hybridized carbons (Fsp3) is 0.667. The van der Waals surface area contributed by atoms with E-state index in [9.17, 15) is 9.59 Å². The smallest absolute Gasteiger partial charge is 0.241 e. The lowest BCUT2D eigenvalue weighted by molar-refractivity contribution is -0.131. The lowest BCUT2D eigenvalue weighted by atomic mass is 10.2. The van der Waals surface area contributed by atoms with E-state index in [0.29, 0.717) is 19.5 Å². The van der Waals surface area contributed by atoms with E-state index in [4.69, 9.17) is 0 Å². The highest BCUT2D eigenvalue weighted by molar-refractivity contribution is 5.77. The monoisotopic (exact) mass is 292 g/mol. The molecule has 1 aromatic heterocycles. The van der Waals surface area contributed by atoms with Crippen LogP contribution < -0.4 is 5.32 Å². The lowest BCUT2D eigenvalue weighted by Crippen LogP contribution is -2.39. The average molecular weight is 292 g/mol. The van der Waals surface area contributed by atoms with Crippen molar-refractivity contribution < 1.29 is 9.59 Å². The molecule has 2 heterocycles. The minimum Gasteiger partial charge on any atom is -0.353 e. The van der Waals surface area contributed by atoms with E-state index in [0.717, 1.165) is 37.2 Å². The van der Waals surface area contributed by atoms with Gasteiger partial charge in [0, 0.05) is 31.7 Å². The van der Waals surface area contributed by atoms with Gasteiger partial charge in [0.05, 0.1) is 5.69 Å². The zero-order valence-corrected chi connectivity index (χ0v) is 12.9. The molecule has 21 heavy (non-hydrogen) atoms. The topological polar surface area (TPSA) is 67.2 Å². The molecule has 0 radical (unpaired) electrons. The summed E-state index contributed by atoms with van der Waals surface area (Å²) in [6.07, 6.45) is 3.80. The van der Waals surface area contributed by atoms with Gasteiger partial charge < -0.3 is 10.2 Å². The normalized spacial score (nSPS) is 15.9. The van der Waals surface area contributed by atoms with Crippen molar-refractivity contribution in [2.45, 2.75) is 46.1 Å². The number of rotatable bonds is 5. The summed E-state index contributed by atoms with van der Waals surface area (Å²) < 4.78 is 1.70. The molecule has 2 amide bonds. The Morgan fingerprint density at radius 1 is 1.33 bits per heavy atom. The Balaban J connectivity index is 1.74. The number of aryl methyl sites for hydroxylation is 2. The standard InChI is InChI=1S/C15H24N4O2/c1-12-10-13(2)19(17-12)11-14(20)16-7-9-18-8-5-3-4-6-15(18)21/h10H,3-9,11H2,1-2H3,(H,16,20). The molecule has 1 aromatic rings. The number of amides is 2. The summed E-state index contributed by atoms with van der Waals surface area (Å²) in [7, 11) is 0. The molecule has 6 nitrogen and oxygen atoms in total. The second-order valence-corrected chi connectivity index (χ2v) is 5.63. The average Bonchev–Trinajstić information content (AvgIpc) is 2.61. The first-order valence-electron chi connectivity index (χ1n) is 7.62. The van der Waals surface area contributed by atoms with E-state index in [1.807, 2.05) is 24.8 Å². The minimum absolute atomic E-state index is 0.0662. The zero-order chi connectivity index (χ0) is 15.2. The first-order chi connectivity index (χ1) is 10.1. The van der Waals surface area contributed by atoms with E-state index >= 15 is 0 Å². The maximum absolute atomic E-state index is 11.9. The second kappa shape index (κ2) is 7.24. The van der Waals surface area contributed by atoms with Gasteiger partial charge in [-0.1, -0.05) is 6.42 Å². The molecule has 0 bridgehead atoms. The molecule has 0 atom stereocenters. The van der Waals surface area contributed by atoms with E-state index in [1.165, 1.54) is 0 Å². The van der Waals surface area contributed by atoms with Gasteiger partial charge in [-0.15, -0.1) is 0 Å². The zero-order valence-electron chi connectivity index (χ0n) is 12.9. The highest BCUT2D eigenvalue weighted by Gasteiger charge is 2.16. The molecule has 2 rings (SSSR count). The number of carbonyl (C=O) groups excluding carboxylic acids is 2. The van der Waals surface area contributed by atoms with Gasteiger partial charge in [0.2, 0.25) is 11.8 Å². The highest BCUT2D eigenvalue weighted by atomic mass is 16.2. The van der Waals surface area contributed by atoms with Gasteiger partial charge in [-0.05, 0) is 32.8 Å². The molecule has 0 spiro atoms. The SMILES string of the molecule is Cc1cc(C)n(CC(=O)NCCN2CCCCCC2=O)n1. The van der Waals surface area contributed by atoms with Gasteiger partial charge >= 0.3 is 0 Å². The molecule has 1 saturated heterocycles. The van der Waals surface area contributed by atoms with Crippen LogP contribution >= 0.6 is 0 Å². The van der Waals surface area contributed by atoms with Crippen molar-refractivity contribution in [3.05, 3.63) is 17.5 Å². The van der Waals surface area contributed by atoms with Crippen LogP contribution in [0.5, 0.6) is 0 Å². The molecule has 0 aliphatic carbocycles. The number of hydrogen-bond donors (Lipinski definition) is 1. The molecule has 6 heteroatoms. The van der Waals surface area contributed by atoms with Crippen LogP contribution in [-0.4, -0.2) is 46.1 Å². The lowest BCUT2D eigenvalue weighted by Gasteiger charge is -2.20. The molecule has 0 unspecified atom stereocenters. The number of aromatic nitrogens is 2. The highest BCUT2D eigenvalue weighted by Crippen LogP contribution is 2.10. The van der Waals surface area contributed by atoms with Gasteiger partial charge in [-0.25, -0.2) is 0 Å². The molecule has 1 fully saturated rings. The Morgan fingerprint density at radius 2 is 2.14 bits per heavy atom. The van der Waals surface area contributed by atoms with Crippen LogP contribution in [0.1, 0.15) is 37.1 Å². The van der Waals surface area contributed by atoms with Gasteiger partial charge in [0.25, 0.3) is 0 Å². The molecule has 0 saturated carbocycles. The third-order valence-corrected chi connectivity index (χ3v) is 3.77. The predicted molar refractivity (Wildman–Crippen MR) is 79.8 cm³/mol. The third-order valence-electron chi connectivity index (χ3n) is 3.77. The van der Waals surface area contributed by atoms with Crippen LogP contribution in [0.2, 0.25) is 0 Å². The van der Waals surface area contributed by atoms with Crippen LogP contribution in [0.15, 0.2) is 6.07 Å². The van der Waals surface area contributed by atoms with Crippen molar-refractivity contribution in [2.24, 2.45) is 0 Å². The number of likely N-dealkylation sites (tertiary alicyclic amines) is 1. The summed E-state index contributed by atoms with van der Waals surface area (Å²) in [5.74, 6) is 0.142. The molecular weight excluding hydrogens is 268 g/mol. The first kappa shape index (κ1) is 15.5. The predicted octanol–water partition coefficient (Wildman–Crippen LogP) is 1.02. The molecule has 1 aliphatic rings. The first-order valence-corrected chi connectivity index (χ1v) is 7.62. The fourth-order valence-corrected chi connectivity index (χ4v) is 2.63. The van der Waals surface area contributed by atoms with Crippen molar-refractivity contribution in [2.75, 3.05) is 19.6 Å². The summed E-state index contributed by atoms with van der Waals surface area (Å²) in [6.45, 7) is 5.99. The van der Waals surface area contributed by atoms with Crippen LogP contribution in [0.4, 0.5) is 0 Å². The van der Waals surface area contributed by atoms with Crippen molar-refractivity contribution >= 4 is 11.8 Å². The molecule has 1 aliphatic heterocycles. The molecule has 116 valence electrons. The largest absolute Gasteiger partial charge is 0.353 e. The Labute approximate surface area is 125 Å². The van der Waals surface area contributed by atoms with Crippen LogP contribution in [-0.2, 0) is 16.1 Å². The fourth-order valence-electron chi connectivity index (χ4n) is 2.63. The van der Waals surface area contributed by atoms with Gasteiger partial charge in [-0.3, -0.25) is 14.3 Å². The number of carbonyl (C=O) groups is 2. The summed E-state index contributed by atoms with van der Waals surface area (Å²) in [5.41, 5.74) is 1.89. The quantitative estimate of drug-likeness (QED) is 0.881. The maximum atomic E-state index is 11.9. The van der Waals surface area contributed by atoms with Crippen molar-refractivity contribution in [1.82, 2.24) is 20.0 Å². The molecule has 0 aromatic carbocycles. The van der Waals surface area contributed by atoms with E-state index in [2.05, 4.69) is 10.4 Å². The third kappa shape index (κ3) is 4.58. The number of nitrogens with one attached hydrogen (secondary N) is 1. The van der Waals surface area contributed by atoms with Crippen LogP contribution in [0.3, 0.4) is 0 Å². The van der Waals surface area contributed by atoms with E-state index in [-0.39, 0.29) is 18.4 Å². The van der Waals surface area contributed by atoms with Crippen molar-refractivity contribution in [3.8, 4) is 0 Å². The van der Waals surface area contributed by atoms with Crippen LogP contribution in [0, 0.1) is 13.8 Å². The van der Waals surface area contributed by atoms with E-state index in [1.54, 1.807) is 4.68 Å². The Kier molecular flexibility index (Phi) is 5.36.